The zero-order chi connectivity index (χ0) is 12.6. The van der Waals surface area contributed by atoms with Gasteiger partial charge in [-0.1, -0.05) is 0 Å². The SMILES string of the molecule is N#CNc1cc(NCCC2CCOCC2)ncn1. The summed E-state index contributed by atoms with van der Waals surface area (Å²) in [5.74, 6) is 2.00. The first kappa shape index (κ1) is 12.6. The van der Waals surface area contributed by atoms with Crippen LogP contribution in [0.4, 0.5) is 11.6 Å². The molecule has 0 aromatic carbocycles. The van der Waals surface area contributed by atoms with Gasteiger partial charge < -0.3 is 10.1 Å². The largest absolute Gasteiger partial charge is 0.381 e. The molecule has 6 nitrogen and oxygen atoms in total. The average Bonchev–Trinajstić information content (AvgIpc) is 2.41. The number of nitrogens with zero attached hydrogens (tertiary/aromatic N) is 3. The Bertz CT molecular complexity index is 411. The van der Waals surface area contributed by atoms with Crippen LogP contribution in [-0.2, 0) is 4.74 Å². The van der Waals surface area contributed by atoms with Gasteiger partial charge in [-0.2, -0.15) is 5.26 Å². The monoisotopic (exact) mass is 247 g/mol. The highest BCUT2D eigenvalue weighted by molar-refractivity contribution is 5.48. The van der Waals surface area contributed by atoms with Crippen LogP contribution >= 0.6 is 0 Å². The molecule has 0 saturated carbocycles. The molecule has 0 bridgehead atoms. The van der Waals surface area contributed by atoms with Crippen LogP contribution in [0.25, 0.3) is 0 Å². The van der Waals surface area contributed by atoms with Gasteiger partial charge in [0.05, 0.1) is 0 Å². The van der Waals surface area contributed by atoms with Crippen molar-refractivity contribution >= 4 is 11.6 Å². The Morgan fingerprint density at radius 3 is 2.89 bits per heavy atom. The van der Waals surface area contributed by atoms with E-state index >= 15 is 0 Å². The molecule has 0 spiro atoms. The highest BCUT2D eigenvalue weighted by Gasteiger charge is 2.13. The lowest BCUT2D eigenvalue weighted by Gasteiger charge is -2.21. The quantitative estimate of drug-likeness (QED) is 0.607. The second kappa shape index (κ2) is 6.77. The lowest BCUT2D eigenvalue weighted by atomic mass is 9.97. The molecule has 0 atom stereocenters. The number of hydrogen-bond donors (Lipinski definition) is 2. The van der Waals surface area contributed by atoms with Gasteiger partial charge in [-0.3, -0.25) is 5.32 Å². The molecule has 1 saturated heterocycles. The Kier molecular flexibility index (Phi) is 4.73. The smallest absolute Gasteiger partial charge is 0.182 e. The molecule has 6 heteroatoms. The number of ether oxygens (including phenoxy) is 1. The summed E-state index contributed by atoms with van der Waals surface area (Å²) < 4.78 is 5.33. The van der Waals surface area contributed by atoms with Crippen molar-refractivity contribution in [2.45, 2.75) is 19.3 Å². The molecule has 1 aliphatic heterocycles. The molecule has 96 valence electrons. The van der Waals surface area contributed by atoms with Crippen LogP contribution in [0.15, 0.2) is 12.4 Å². The Balaban J connectivity index is 1.75. The molecule has 0 amide bonds. The fourth-order valence-electron chi connectivity index (χ4n) is 2.02. The maximum absolute atomic E-state index is 8.50. The number of nitriles is 1. The minimum absolute atomic E-state index is 0.515. The number of hydrogen-bond acceptors (Lipinski definition) is 6. The summed E-state index contributed by atoms with van der Waals surface area (Å²) in [6.45, 7) is 2.65. The summed E-state index contributed by atoms with van der Waals surface area (Å²) in [4.78, 5) is 8.03. The molecule has 2 N–H and O–H groups in total. The van der Waals surface area contributed by atoms with Crippen LogP contribution in [0.1, 0.15) is 19.3 Å². The van der Waals surface area contributed by atoms with Gasteiger partial charge in [-0.25, -0.2) is 9.97 Å². The van der Waals surface area contributed by atoms with Crippen LogP contribution in [-0.4, -0.2) is 29.7 Å². The summed E-state index contributed by atoms with van der Waals surface area (Å²) in [6, 6.07) is 1.73. The summed E-state index contributed by atoms with van der Waals surface area (Å²) in [7, 11) is 0. The van der Waals surface area contributed by atoms with Gasteiger partial charge in [-0.05, 0) is 25.2 Å². The van der Waals surface area contributed by atoms with E-state index in [1.807, 2.05) is 6.19 Å². The van der Waals surface area contributed by atoms with Gasteiger partial charge in [0, 0.05) is 25.8 Å². The molecule has 1 aromatic rings. The highest BCUT2D eigenvalue weighted by atomic mass is 16.5. The van der Waals surface area contributed by atoms with Gasteiger partial charge >= 0.3 is 0 Å². The Hall–Kier alpha value is -1.87. The third kappa shape index (κ3) is 3.86. The maximum Gasteiger partial charge on any atom is 0.182 e. The van der Waals surface area contributed by atoms with Crippen LogP contribution in [0, 0.1) is 17.4 Å². The topological polar surface area (TPSA) is 82.9 Å². The molecule has 1 aliphatic rings. The molecule has 1 fully saturated rings. The van der Waals surface area contributed by atoms with Crippen molar-refractivity contribution in [2.24, 2.45) is 5.92 Å². The molecule has 0 unspecified atom stereocenters. The van der Waals surface area contributed by atoms with Gasteiger partial charge in [0.25, 0.3) is 0 Å². The fourth-order valence-corrected chi connectivity index (χ4v) is 2.02. The molecule has 2 heterocycles. The molecule has 0 aliphatic carbocycles. The van der Waals surface area contributed by atoms with Crippen LogP contribution in [0.5, 0.6) is 0 Å². The number of aromatic nitrogens is 2. The van der Waals surface area contributed by atoms with Crippen molar-refractivity contribution < 1.29 is 4.74 Å². The van der Waals surface area contributed by atoms with Crippen LogP contribution in [0.3, 0.4) is 0 Å². The zero-order valence-electron chi connectivity index (χ0n) is 10.2. The van der Waals surface area contributed by atoms with E-state index in [2.05, 4.69) is 20.6 Å². The van der Waals surface area contributed by atoms with Crippen molar-refractivity contribution in [3.8, 4) is 6.19 Å². The maximum atomic E-state index is 8.50. The van der Waals surface area contributed by atoms with E-state index in [-0.39, 0.29) is 0 Å². The van der Waals surface area contributed by atoms with E-state index in [1.54, 1.807) is 6.07 Å². The third-order valence-electron chi connectivity index (χ3n) is 3.05. The van der Waals surface area contributed by atoms with Crippen molar-refractivity contribution in [3.63, 3.8) is 0 Å². The predicted molar refractivity (Wildman–Crippen MR) is 67.9 cm³/mol. The van der Waals surface area contributed by atoms with E-state index in [0.29, 0.717) is 5.82 Å². The molecule has 18 heavy (non-hydrogen) atoms. The molecule has 0 radical (unpaired) electrons. The molecule has 2 rings (SSSR count). The lowest BCUT2D eigenvalue weighted by molar-refractivity contribution is 0.0649. The number of anilines is 2. The van der Waals surface area contributed by atoms with Crippen LogP contribution < -0.4 is 10.6 Å². The van der Waals surface area contributed by atoms with Crippen molar-refractivity contribution in [2.75, 3.05) is 30.4 Å². The first-order valence-corrected chi connectivity index (χ1v) is 6.17. The van der Waals surface area contributed by atoms with Gasteiger partial charge in [0.1, 0.15) is 18.0 Å². The Labute approximate surface area is 106 Å². The summed E-state index contributed by atoms with van der Waals surface area (Å²) in [6.07, 6.45) is 6.69. The summed E-state index contributed by atoms with van der Waals surface area (Å²) in [5, 5.41) is 14.2. The van der Waals surface area contributed by atoms with Crippen LogP contribution in [0.2, 0.25) is 0 Å². The second-order valence-corrected chi connectivity index (χ2v) is 4.30. The molecule has 1 aromatic heterocycles. The minimum atomic E-state index is 0.515. The third-order valence-corrected chi connectivity index (χ3v) is 3.05. The van der Waals surface area contributed by atoms with E-state index in [0.717, 1.165) is 50.8 Å². The minimum Gasteiger partial charge on any atom is -0.381 e. The highest BCUT2D eigenvalue weighted by Crippen LogP contribution is 2.18. The normalized spacial score (nSPS) is 15.9. The summed E-state index contributed by atoms with van der Waals surface area (Å²) >= 11 is 0. The van der Waals surface area contributed by atoms with Gasteiger partial charge in [-0.15, -0.1) is 0 Å². The van der Waals surface area contributed by atoms with E-state index in [4.69, 9.17) is 10.00 Å². The van der Waals surface area contributed by atoms with Gasteiger partial charge in [0.2, 0.25) is 0 Å². The number of nitrogens with one attached hydrogen (secondary N) is 2. The summed E-state index contributed by atoms with van der Waals surface area (Å²) in [5.41, 5.74) is 0. The fraction of sp³-hybridized carbons (Fsp3) is 0.583. The van der Waals surface area contributed by atoms with Crippen molar-refractivity contribution in [1.82, 2.24) is 9.97 Å². The van der Waals surface area contributed by atoms with Crippen molar-refractivity contribution in [3.05, 3.63) is 12.4 Å². The Morgan fingerprint density at radius 2 is 2.11 bits per heavy atom. The second-order valence-electron chi connectivity index (χ2n) is 4.30. The zero-order valence-corrected chi connectivity index (χ0v) is 10.2. The van der Waals surface area contributed by atoms with E-state index in [9.17, 15) is 0 Å². The first-order valence-electron chi connectivity index (χ1n) is 6.17. The first-order chi connectivity index (χ1) is 8.88. The van der Waals surface area contributed by atoms with E-state index < -0.39 is 0 Å². The lowest BCUT2D eigenvalue weighted by Crippen LogP contribution is -2.18. The Morgan fingerprint density at radius 1 is 1.33 bits per heavy atom. The van der Waals surface area contributed by atoms with E-state index in [1.165, 1.54) is 6.33 Å². The predicted octanol–water partition coefficient (Wildman–Crippen LogP) is 1.60. The molecular weight excluding hydrogens is 230 g/mol. The average molecular weight is 247 g/mol. The molecular formula is C12H17N5O. The number of rotatable bonds is 5. The van der Waals surface area contributed by atoms with Gasteiger partial charge in [0.15, 0.2) is 6.19 Å². The van der Waals surface area contributed by atoms with Crippen molar-refractivity contribution in [1.29, 1.82) is 5.26 Å². The standard InChI is InChI=1S/C12H17N5O/c13-8-15-12-7-11(16-9-17-12)14-4-1-10-2-5-18-6-3-10/h7,9-10H,1-6H2,(H2,14,15,16,17).